The molecule has 0 saturated heterocycles. The highest BCUT2D eigenvalue weighted by Crippen LogP contribution is 2.08. The molecule has 1 aromatic rings. The lowest BCUT2D eigenvalue weighted by atomic mass is 10.2. The summed E-state index contributed by atoms with van der Waals surface area (Å²) in [6.45, 7) is 1.86. The summed E-state index contributed by atoms with van der Waals surface area (Å²) in [4.78, 5) is 0. The summed E-state index contributed by atoms with van der Waals surface area (Å²) in [5, 5.41) is 3.02. The molecule has 62 valence electrons. The Morgan fingerprint density at radius 1 is 1.42 bits per heavy atom. The number of terminal acetylenes is 1. The Labute approximate surface area is 71.6 Å². The van der Waals surface area contributed by atoms with Crippen LogP contribution >= 0.6 is 0 Å². The van der Waals surface area contributed by atoms with Crippen molar-refractivity contribution >= 4 is 5.69 Å². The van der Waals surface area contributed by atoms with Gasteiger partial charge in [-0.3, -0.25) is 0 Å². The van der Waals surface area contributed by atoms with E-state index in [1.165, 1.54) is 12.1 Å². The van der Waals surface area contributed by atoms with E-state index in [0.29, 0.717) is 0 Å². The van der Waals surface area contributed by atoms with Crippen molar-refractivity contribution in [3.05, 3.63) is 30.1 Å². The molecule has 12 heavy (non-hydrogen) atoms. The fourth-order valence-electron chi connectivity index (χ4n) is 0.838. The second-order valence-electron chi connectivity index (χ2n) is 2.54. The first-order chi connectivity index (χ1) is 5.72. The van der Waals surface area contributed by atoms with E-state index in [-0.39, 0.29) is 11.9 Å². The van der Waals surface area contributed by atoms with Gasteiger partial charge in [-0.25, -0.2) is 4.39 Å². The van der Waals surface area contributed by atoms with Gasteiger partial charge in [0.05, 0.1) is 6.04 Å². The van der Waals surface area contributed by atoms with Crippen molar-refractivity contribution in [2.45, 2.75) is 13.0 Å². The van der Waals surface area contributed by atoms with Crippen LogP contribution in [0.1, 0.15) is 6.92 Å². The van der Waals surface area contributed by atoms with Crippen LogP contribution in [0.2, 0.25) is 0 Å². The molecular formula is C10H10FN. The average molecular weight is 163 g/mol. The molecule has 0 radical (unpaired) electrons. The molecule has 1 atom stereocenters. The van der Waals surface area contributed by atoms with Crippen molar-refractivity contribution in [2.75, 3.05) is 5.32 Å². The quantitative estimate of drug-likeness (QED) is 0.659. The van der Waals surface area contributed by atoms with Crippen LogP contribution in [0.25, 0.3) is 0 Å². The van der Waals surface area contributed by atoms with E-state index in [9.17, 15) is 4.39 Å². The van der Waals surface area contributed by atoms with Gasteiger partial charge in [-0.15, -0.1) is 6.42 Å². The van der Waals surface area contributed by atoms with Gasteiger partial charge in [-0.2, -0.15) is 0 Å². The Hall–Kier alpha value is -1.49. The van der Waals surface area contributed by atoms with Crippen molar-refractivity contribution < 1.29 is 4.39 Å². The Morgan fingerprint density at radius 3 is 2.50 bits per heavy atom. The standard InChI is InChI=1S/C10H10FN/c1-3-8(2)12-10-6-4-9(11)5-7-10/h1,4-8,12H,2H3. The number of hydrogen-bond acceptors (Lipinski definition) is 1. The smallest absolute Gasteiger partial charge is 0.123 e. The summed E-state index contributed by atoms with van der Waals surface area (Å²) in [7, 11) is 0. The molecule has 0 fully saturated rings. The third-order valence-electron chi connectivity index (χ3n) is 1.48. The van der Waals surface area contributed by atoms with E-state index in [0.717, 1.165) is 5.69 Å². The van der Waals surface area contributed by atoms with Gasteiger partial charge in [0.1, 0.15) is 5.82 Å². The largest absolute Gasteiger partial charge is 0.372 e. The summed E-state index contributed by atoms with van der Waals surface area (Å²) in [6, 6.07) is 6.07. The Bertz CT molecular complexity index is 284. The second-order valence-corrected chi connectivity index (χ2v) is 2.54. The van der Waals surface area contributed by atoms with Crippen LogP contribution in [0.4, 0.5) is 10.1 Å². The molecule has 0 amide bonds. The molecule has 1 N–H and O–H groups in total. The van der Waals surface area contributed by atoms with Crippen LogP contribution in [0, 0.1) is 18.2 Å². The summed E-state index contributed by atoms with van der Waals surface area (Å²) in [5.74, 6) is 2.28. The number of benzene rings is 1. The van der Waals surface area contributed by atoms with Gasteiger partial charge in [0.15, 0.2) is 0 Å². The van der Waals surface area contributed by atoms with Gasteiger partial charge < -0.3 is 5.32 Å². The predicted molar refractivity (Wildman–Crippen MR) is 48.3 cm³/mol. The Balaban J connectivity index is 2.66. The molecule has 0 aliphatic carbocycles. The fourth-order valence-corrected chi connectivity index (χ4v) is 0.838. The minimum atomic E-state index is -0.242. The minimum absolute atomic E-state index is 0.0320. The van der Waals surface area contributed by atoms with E-state index < -0.39 is 0 Å². The molecule has 0 bridgehead atoms. The highest BCUT2D eigenvalue weighted by molar-refractivity contribution is 5.45. The lowest BCUT2D eigenvalue weighted by Crippen LogP contribution is -2.11. The zero-order chi connectivity index (χ0) is 8.97. The van der Waals surface area contributed by atoms with Crippen LogP contribution < -0.4 is 5.32 Å². The monoisotopic (exact) mass is 163 g/mol. The number of hydrogen-bond donors (Lipinski definition) is 1. The number of anilines is 1. The van der Waals surface area contributed by atoms with Gasteiger partial charge >= 0.3 is 0 Å². The molecule has 1 nitrogen and oxygen atoms in total. The highest BCUT2D eigenvalue weighted by Gasteiger charge is 1.96. The summed E-state index contributed by atoms with van der Waals surface area (Å²) in [6.07, 6.45) is 5.16. The van der Waals surface area contributed by atoms with Gasteiger partial charge in [-0.1, -0.05) is 5.92 Å². The van der Waals surface area contributed by atoms with Crippen molar-refractivity contribution in [1.29, 1.82) is 0 Å². The van der Waals surface area contributed by atoms with Crippen molar-refractivity contribution in [2.24, 2.45) is 0 Å². The molecule has 0 spiro atoms. The fraction of sp³-hybridized carbons (Fsp3) is 0.200. The third-order valence-corrected chi connectivity index (χ3v) is 1.48. The molecular weight excluding hydrogens is 153 g/mol. The molecule has 0 aromatic heterocycles. The molecule has 1 aromatic carbocycles. The van der Waals surface area contributed by atoms with Crippen LogP contribution in [0.3, 0.4) is 0 Å². The number of halogens is 1. The van der Waals surface area contributed by atoms with Crippen molar-refractivity contribution in [3.63, 3.8) is 0 Å². The van der Waals surface area contributed by atoms with E-state index in [1.54, 1.807) is 12.1 Å². The molecule has 2 heteroatoms. The van der Waals surface area contributed by atoms with Gasteiger partial charge in [-0.05, 0) is 31.2 Å². The summed E-state index contributed by atoms with van der Waals surface area (Å²) in [5.41, 5.74) is 0.835. The van der Waals surface area contributed by atoms with Gasteiger partial charge in [0, 0.05) is 5.69 Å². The van der Waals surface area contributed by atoms with Gasteiger partial charge in [0.2, 0.25) is 0 Å². The summed E-state index contributed by atoms with van der Waals surface area (Å²) >= 11 is 0. The van der Waals surface area contributed by atoms with E-state index in [4.69, 9.17) is 6.42 Å². The predicted octanol–water partition coefficient (Wildman–Crippen LogP) is 2.26. The Kier molecular flexibility index (Phi) is 2.71. The molecule has 0 aliphatic rings. The summed E-state index contributed by atoms with van der Waals surface area (Å²) < 4.78 is 12.4. The maximum Gasteiger partial charge on any atom is 0.123 e. The lowest BCUT2D eigenvalue weighted by Gasteiger charge is -2.08. The number of rotatable bonds is 2. The molecule has 0 aliphatic heterocycles. The molecule has 1 unspecified atom stereocenters. The van der Waals surface area contributed by atoms with Crippen molar-refractivity contribution in [3.8, 4) is 12.3 Å². The van der Waals surface area contributed by atoms with Crippen LogP contribution in [0.15, 0.2) is 24.3 Å². The first-order valence-corrected chi connectivity index (χ1v) is 3.70. The topological polar surface area (TPSA) is 12.0 Å². The van der Waals surface area contributed by atoms with E-state index in [1.807, 2.05) is 6.92 Å². The van der Waals surface area contributed by atoms with E-state index >= 15 is 0 Å². The first kappa shape index (κ1) is 8.61. The normalized spacial score (nSPS) is 11.8. The second kappa shape index (κ2) is 3.77. The lowest BCUT2D eigenvalue weighted by molar-refractivity contribution is 0.628. The maximum atomic E-state index is 12.4. The molecule has 0 heterocycles. The minimum Gasteiger partial charge on any atom is -0.372 e. The van der Waals surface area contributed by atoms with Gasteiger partial charge in [0.25, 0.3) is 0 Å². The van der Waals surface area contributed by atoms with E-state index in [2.05, 4.69) is 11.2 Å². The number of nitrogens with one attached hydrogen (secondary N) is 1. The first-order valence-electron chi connectivity index (χ1n) is 3.70. The molecule has 0 saturated carbocycles. The van der Waals surface area contributed by atoms with Crippen LogP contribution in [-0.2, 0) is 0 Å². The highest BCUT2D eigenvalue weighted by atomic mass is 19.1. The van der Waals surface area contributed by atoms with Crippen LogP contribution in [-0.4, -0.2) is 6.04 Å². The maximum absolute atomic E-state index is 12.4. The Morgan fingerprint density at radius 2 is 2.00 bits per heavy atom. The SMILES string of the molecule is C#CC(C)Nc1ccc(F)cc1. The average Bonchev–Trinajstić information content (AvgIpc) is 2.09. The van der Waals surface area contributed by atoms with Crippen molar-refractivity contribution in [1.82, 2.24) is 0 Å². The zero-order valence-corrected chi connectivity index (χ0v) is 6.84. The third kappa shape index (κ3) is 2.28. The van der Waals surface area contributed by atoms with Crippen LogP contribution in [0.5, 0.6) is 0 Å². The zero-order valence-electron chi connectivity index (χ0n) is 6.84. The molecule has 1 rings (SSSR count).